The van der Waals surface area contributed by atoms with Gasteiger partial charge >= 0.3 is 0 Å². The maximum absolute atomic E-state index is 3.50. The van der Waals surface area contributed by atoms with Crippen LogP contribution in [0.4, 0.5) is 11.4 Å². The van der Waals surface area contributed by atoms with Crippen molar-refractivity contribution in [1.82, 2.24) is 0 Å². The van der Waals surface area contributed by atoms with Crippen molar-refractivity contribution in [2.24, 2.45) is 5.92 Å². The van der Waals surface area contributed by atoms with Gasteiger partial charge in [0, 0.05) is 24.5 Å². The summed E-state index contributed by atoms with van der Waals surface area (Å²) in [6.45, 7) is 6.73. The summed E-state index contributed by atoms with van der Waals surface area (Å²) >= 11 is 0. The molecule has 2 N–H and O–H groups in total. The number of benzene rings is 1. The number of nitrogens with one attached hydrogen (secondary N) is 2. The Hall–Kier alpha value is -1.18. The Bertz CT molecular complexity index is 277. The summed E-state index contributed by atoms with van der Waals surface area (Å²) in [4.78, 5) is 0. The highest BCUT2D eigenvalue weighted by Gasteiger charge is 2.04. The van der Waals surface area contributed by atoms with Gasteiger partial charge in [0.2, 0.25) is 0 Å². The lowest BCUT2D eigenvalue weighted by atomic mass is 10.1. The zero-order chi connectivity index (χ0) is 11.3. The van der Waals surface area contributed by atoms with E-state index in [9.17, 15) is 0 Å². The summed E-state index contributed by atoms with van der Waals surface area (Å²) in [6.07, 6.45) is 1.20. The van der Waals surface area contributed by atoms with Crippen molar-refractivity contribution in [3.05, 3.63) is 24.3 Å². The number of hydrogen-bond acceptors (Lipinski definition) is 2. The van der Waals surface area contributed by atoms with Crippen molar-refractivity contribution in [3.63, 3.8) is 0 Å². The maximum atomic E-state index is 3.50. The summed E-state index contributed by atoms with van der Waals surface area (Å²) < 4.78 is 0. The molecule has 0 bridgehead atoms. The second-order valence-electron chi connectivity index (χ2n) is 4.50. The van der Waals surface area contributed by atoms with Crippen LogP contribution in [0.15, 0.2) is 24.3 Å². The Morgan fingerprint density at radius 3 is 2.00 bits per heavy atom. The lowest BCUT2D eigenvalue weighted by Gasteiger charge is -2.17. The Balaban J connectivity index is 2.49. The summed E-state index contributed by atoms with van der Waals surface area (Å²) in [7, 11) is 1.93. The van der Waals surface area contributed by atoms with Gasteiger partial charge in [0.25, 0.3) is 0 Å². The largest absolute Gasteiger partial charge is 0.388 e. The average Bonchev–Trinajstić information content (AvgIpc) is 2.17. The third-order valence-corrected chi connectivity index (χ3v) is 2.41. The normalized spacial score (nSPS) is 12.6. The minimum atomic E-state index is 0.533. The van der Waals surface area contributed by atoms with Crippen molar-refractivity contribution < 1.29 is 0 Å². The molecule has 0 aliphatic carbocycles. The third kappa shape index (κ3) is 4.24. The van der Waals surface area contributed by atoms with Gasteiger partial charge in [0.05, 0.1) is 0 Å². The highest BCUT2D eigenvalue weighted by Crippen LogP contribution is 2.15. The summed E-state index contributed by atoms with van der Waals surface area (Å²) in [5, 5.41) is 6.61. The second kappa shape index (κ2) is 5.64. The van der Waals surface area contributed by atoms with Crippen molar-refractivity contribution in [2.75, 3.05) is 17.7 Å². The summed E-state index contributed by atoms with van der Waals surface area (Å²) in [5.74, 6) is 0.740. The lowest BCUT2D eigenvalue weighted by molar-refractivity contribution is 0.540. The van der Waals surface area contributed by atoms with Gasteiger partial charge in [-0.1, -0.05) is 13.8 Å². The highest BCUT2D eigenvalue weighted by atomic mass is 14.9. The van der Waals surface area contributed by atoms with Crippen LogP contribution in [0.3, 0.4) is 0 Å². The van der Waals surface area contributed by atoms with E-state index < -0.39 is 0 Å². The Kier molecular flexibility index (Phi) is 4.47. The molecule has 2 heteroatoms. The molecule has 0 radical (unpaired) electrons. The molecule has 1 aromatic carbocycles. The van der Waals surface area contributed by atoms with Gasteiger partial charge in [-0.15, -0.1) is 0 Å². The standard InChI is InChI=1S/C13H22N2/c1-10(2)9-11(3)15-13-7-5-12(14-4)6-8-13/h5-8,10-11,14-15H,9H2,1-4H3. The molecule has 0 heterocycles. The average molecular weight is 206 g/mol. The van der Waals surface area contributed by atoms with Crippen LogP contribution in [0, 0.1) is 5.92 Å². The van der Waals surface area contributed by atoms with Gasteiger partial charge in [0.15, 0.2) is 0 Å². The molecule has 0 aliphatic heterocycles. The molecule has 1 rings (SSSR count). The van der Waals surface area contributed by atoms with Crippen molar-refractivity contribution in [1.29, 1.82) is 0 Å². The van der Waals surface area contributed by atoms with Crippen LogP contribution in [-0.2, 0) is 0 Å². The molecule has 2 nitrogen and oxygen atoms in total. The molecule has 84 valence electrons. The minimum absolute atomic E-state index is 0.533. The third-order valence-electron chi connectivity index (χ3n) is 2.41. The fourth-order valence-corrected chi connectivity index (χ4v) is 1.78. The Morgan fingerprint density at radius 2 is 1.53 bits per heavy atom. The number of hydrogen-bond donors (Lipinski definition) is 2. The van der Waals surface area contributed by atoms with Gasteiger partial charge in [-0.3, -0.25) is 0 Å². The molecule has 0 fully saturated rings. The van der Waals surface area contributed by atoms with Gasteiger partial charge in [-0.25, -0.2) is 0 Å². The topological polar surface area (TPSA) is 24.1 Å². The van der Waals surface area contributed by atoms with Crippen molar-refractivity contribution in [3.8, 4) is 0 Å². The fraction of sp³-hybridized carbons (Fsp3) is 0.538. The summed E-state index contributed by atoms with van der Waals surface area (Å²) in [6, 6.07) is 8.94. The monoisotopic (exact) mass is 206 g/mol. The van der Waals surface area contributed by atoms with E-state index in [0.29, 0.717) is 6.04 Å². The van der Waals surface area contributed by atoms with Crippen LogP contribution < -0.4 is 10.6 Å². The maximum Gasteiger partial charge on any atom is 0.0343 e. The molecule has 1 unspecified atom stereocenters. The Labute approximate surface area is 93.1 Å². The van der Waals surface area contributed by atoms with Crippen LogP contribution in [0.25, 0.3) is 0 Å². The molecule has 0 saturated carbocycles. The molecule has 15 heavy (non-hydrogen) atoms. The van der Waals surface area contributed by atoms with Gasteiger partial charge in [-0.05, 0) is 43.5 Å². The smallest absolute Gasteiger partial charge is 0.0343 e. The second-order valence-corrected chi connectivity index (χ2v) is 4.50. The van der Waals surface area contributed by atoms with Crippen LogP contribution in [0.2, 0.25) is 0 Å². The first kappa shape index (κ1) is 11.9. The first-order chi connectivity index (χ1) is 7.11. The predicted octanol–water partition coefficient (Wildman–Crippen LogP) is 3.57. The van der Waals surface area contributed by atoms with E-state index in [0.717, 1.165) is 11.6 Å². The zero-order valence-corrected chi connectivity index (χ0v) is 10.2. The molecule has 0 aromatic heterocycles. The van der Waals surface area contributed by atoms with Crippen molar-refractivity contribution >= 4 is 11.4 Å². The molecular weight excluding hydrogens is 184 g/mol. The van der Waals surface area contributed by atoms with Crippen LogP contribution >= 0.6 is 0 Å². The molecule has 0 amide bonds. The first-order valence-corrected chi connectivity index (χ1v) is 5.66. The fourth-order valence-electron chi connectivity index (χ4n) is 1.78. The van der Waals surface area contributed by atoms with Gasteiger partial charge in [-0.2, -0.15) is 0 Å². The van der Waals surface area contributed by atoms with E-state index >= 15 is 0 Å². The van der Waals surface area contributed by atoms with E-state index in [4.69, 9.17) is 0 Å². The molecule has 0 aliphatic rings. The first-order valence-electron chi connectivity index (χ1n) is 5.66. The van der Waals surface area contributed by atoms with Crippen LogP contribution in [-0.4, -0.2) is 13.1 Å². The summed E-state index contributed by atoms with van der Waals surface area (Å²) in [5.41, 5.74) is 2.35. The number of rotatable bonds is 5. The van der Waals surface area contributed by atoms with E-state index in [2.05, 4.69) is 55.7 Å². The Morgan fingerprint density at radius 1 is 1.00 bits per heavy atom. The van der Waals surface area contributed by atoms with Crippen LogP contribution in [0.1, 0.15) is 27.2 Å². The molecule has 0 spiro atoms. The minimum Gasteiger partial charge on any atom is -0.388 e. The SMILES string of the molecule is CNc1ccc(NC(C)CC(C)C)cc1. The van der Waals surface area contributed by atoms with E-state index in [1.165, 1.54) is 12.1 Å². The lowest BCUT2D eigenvalue weighted by Crippen LogP contribution is -2.17. The molecular formula is C13H22N2. The van der Waals surface area contributed by atoms with E-state index in [-0.39, 0.29) is 0 Å². The molecule has 1 atom stereocenters. The number of anilines is 2. The van der Waals surface area contributed by atoms with E-state index in [1.54, 1.807) is 0 Å². The molecule has 0 saturated heterocycles. The quantitative estimate of drug-likeness (QED) is 0.769. The van der Waals surface area contributed by atoms with Gasteiger partial charge < -0.3 is 10.6 Å². The predicted molar refractivity (Wildman–Crippen MR) is 68.5 cm³/mol. The highest BCUT2D eigenvalue weighted by molar-refractivity contribution is 5.53. The van der Waals surface area contributed by atoms with Crippen LogP contribution in [0.5, 0.6) is 0 Å². The molecule has 1 aromatic rings. The van der Waals surface area contributed by atoms with Crippen molar-refractivity contribution in [2.45, 2.75) is 33.2 Å². The van der Waals surface area contributed by atoms with Gasteiger partial charge in [0.1, 0.15) is 0 Å². The zero-order valence-electron chi connectivity index (χ0n) is 10.2. The van der Waals surface area contributed by atoms with E-state index in [1.807, 2.05) is 7.05 Å².